The molecule has 0 aromatic heterocycles. The lowest BCUT2D eigenvalue weighted by Gasteiger charge is -2.30. The van der Waals surface area contributed by atoms with Crippen LogP contribution >= 0.6 is 11.6 Å². The minimum absolute atomic E-state index is 0.0698. The number of esters is 1. The number of carbonyl (C=O) groups is 1. The lowest BCUT2D eigenvalue weighted by Crippen LogP contribution is -2.37. The highest BCUT2D eigenvalue weighted by atomic mass is 35.5. The molecule has 1 aliphatic carbocycles. The van der Waals surface area contributed by atoms with Crippen LogP contribution in [0.15, 0.2) is 0 Å². The predicted octanol–water partition coefficient (Wildman–Crippen LogP) is 1.58. The maximum atomic E-state index is 11.4. The van der Waals surface area contributed by atoms with E-state index >= 15 is 0 Å². The van der Waals surface area contributed by atoms with E-state index in [4.69, 9.17) is 21.1 Å². The molecule has 0 N–H and O–H groups in total. The second kappa shape index (κ2) is 4.07. The van der Waals surface area contributed by atoms with E-state index in [0.29, 0.717) is 12.5 Å². The summed E-state index contributed by atoms with van der Waals surface area (Å²) in [7, 11) is 1.39. The Bertz CT molecular complexity index is 231. The van der Waals surface area contributed by atoms with Crippen molar-refractivity contribution < 1.29 is 14.3 Å². The highest BCUT2D eigenvalue weighted by molar-refractivity contribution is 6.21. The first-order valence-corrected chi connectivity index (χ1v) is 5.51. The van der Waals surface area contributed by atoms with Gasteiger partial charge in [0.15, 0.2) is 6.10 Å². The first-order chi connectivity index (χ1) is 6.74. The van der Waals surface area contributed by atoms with Gasteiger partial charge in [-0.05, 0) is 18.8 Å². The number of hydrogen-bond donors (Lipinski definition) is 0. The van der Waals surface area contributed by atoms with Gasteiger partial charge in [-0.2, -0.15) is 0 Å². The van der Waals surface area contributed by atoms with Crippen LogP contribution in [0.3, 0.4) is 0 Å². The maximum Gasteiger partial charge on any atom is 0.335 e. The van der Waals surface area contributed by atoms with Gasteiger partial charge < -0.3 is 9.47 Å². The average Bonchev–Trinajstić information content (AvgIpc) is 2.62. The quantitative estimate of drug-likeness (QED) is 0.495. The van der Waals surface area contributed by atoms with Gasteiger partial charge in [0.2, 0.25) is 0 Å². The van der Waals surface area contributed by atoms with Crippen molar-refractivity contribution in [2.75, 3.05) is 13.7 Å². The molecule has 2 rings (SSSR count). The fourth-order valence-electron chi connectivity index (χ4n) is 2.57. The highest BCUT2D eigenvalue weighted by Crippen LogP contribution is 2.41. The molecular weight excluding hydrogens is 204 g/mol. The third kappa shape index (κ3) is 1.63. The van der Waals surface area contributed by atoms with E-state index in [1.165, 1.54) is 7.11 Å². The Morgan fingerprint density at radius 3 is 3.00 bits per heavy atom. The van der Waals surface area contributed by atoms with Crippen LogP contribution in [0.4, 0.5) is 0 Å². The van der Waals surface area contributed by atoms with Crippen LogP contribution in [-0.2, 0) is 14.3 Å². The number of halogens is 1. The topological polar surface area (TPSA) is 35.5 Å². The van der Waals surface area contributed by atoms with Crippen molar-refractivity contribution in [1.82, 2.24) is 0 Å². The Balaban J connectivity index is 2.10. The van der Waals surface area contributed by atoms with Crippen molar-refractivity contribution in [3.63, 3.8) is 0 Å². The highest BCUT2D eigenvalue weighted by Gasteiger charge is 2.47. The maximum absolute atomic E-state index is 11.4. The van der Waals surface area contributed by atoms with E-state index in [2.05, 4.69) is 0 Å². The van der Waals surface area contributed by atoms with Gasteiger partial charge in [0, 0.05) is 11.3 Å². The molecule has 4 atom stereocenters. The third-order valence-corrected chi connectivity index (χ3v) is 3.80. The van der Waals surface area contributed by atoms with E-state index in [-0.39, 0.29) is 17.3 Å². The minimum atomic E-state index is -0.423. The molecule has 1 heterocycles. The molecule has 2 fully saturated rings. The average molecular weight is 219 g/mol. The summed E-state index contributed by atoms with van der Waals surface area (Å²) in [6.45, 7) is 0.660. The van der Waals surface area contributed by atoms with Crippen molar-refractivity contribution in [2.45, 2.75) is 30.7 Å². The summed E-state index contributed by atoms with van der Waals surface area (Å²) in [6, 6.07) is 0. The Labute approximate surface area is 88.7 Å². The minimum Gasteiger partial charge on any atom is -0.467 e. The van der Waals surface area contributed by atoms with E-state index in [1.807, 2.05) is 0 Å². The molecule has 0 amide bonds. The largest absolute Gasteiger partial charge is 0.467 e. The lowest BCUT2D eigenvalue weighted by atomic mass is 9.78. The van der Waals surface area contributed by atoms with Gasteiger partial charge in [-0.1, -0.05) is 6.42 Å². The molecule has 0 bridgehead atoms. The summed E-state index contributed by atoms with van der Waals surface area (Å²) in [5.74, 6) is 0.346. The van der Waals surface area contributed by atoms with Crippen LogP contribution in [0.5, 0.6) is 0 Å². The molecule has 1 saturated carbocycles. The summed E-state index contributed by atoms with van der Waals surface area (Å²) in [6.07, 6.45) is 2.83. The van der Waals surface area contributed by atoms with Crippen LogP contribution in [0.25, 0.3) is 0 Å². The van der Waals surface area contributed by atoms with Crippen LogP contribution < -0.4 is 0 Å². The normalized spacial score (nSPS) is 41.9. The van der Waals surface area contributed by atoms with Crippen LogP contribution in [0.1, 0.15) is 19.3 Å². The molecule has 14 heavy (non-hydrogen) atoms. The summed E-state index contributed by atoms with van der Waals surface area (Å²) in [5.41, 5.74) is 0. The molecule has 0 spiro atoms. The first kappa shape index (κ1) is 10.2. The molecule has 0 radical (unpaired) electrons. The zero-order valence-corrected chi connectivity index (χ0v) is 9.00. The van der Waals surface area contributed by atoms with Gasteiger partial charge in [0.25, 0.3) is 0 Å². The van der Waals surface area contributed by atoms with Crippen molar-refractivity contribution in [1.29, 1.82) is 0 Å². The van der Waals surface area contributed by atoms with E-state index in [9.17, 15) is 4.79 Å². The number of fused-ring (bicyclic) bond motifs is 1. The van der Waals surface area contributed by atoms with Crippen molar-refractivity contribution >= 4 is 17.6 Å². The molecular formula is C10H15ClO3. The number of rotatable bonds is 1. The van der Waals surface area contributed by atoms with Crippen molar-refractivity contribution in [3.05, 3.63) is 0 Å². The number of hydrogen-bond acceptors (Lipinski definition) is 3. The van der Waals surface area contributed by atoms with E-state index in [1.54, 1.807) is 0 Å². The molecule has 1 aliphatic heterocycles. The smallest absolute Gasteiger partial charge is 0.335 e. The molecule has 80 valence electrons. The van der Waals surface area contributed by atoms with Crippen molar-refractivity contribution in [2.24, 2.45) is 11.8 Å². The van der Waals surface area contributed by atoms with Crippen LogP contribution in [-0.4, -0.2) is 31.2 Å². The van der Waals surface area contributed by atoms with Crippen molar-refractivity contribution in [3.8, 4) is 0 Å². The number of alkyl halides is 1. The number of methoxy groups -OCH3 is 1. The Morgan fingerprint density at radius 2 is 2.29 bits per heavy atom. The number of carbonyl (C=O) groups excluding carboxylic acids is 1. The Kier molecular flexibility index (Phi) is 2.98. The molecule has 0 aromatic rings. The van der Waals surface area contributed by atoms with Gasteiger partial charge >= 0.3 is 5.97 Å². The molecule has 3 nitrogen and oxygen atoms in total. The second-order valence-corrected chi connectivity index (χ2v) is 4.62. The van der Waals surface area contributed by atoms with Gasteiger partial charge in [0.1, 0.15) is 0 Å². The monoisotopic (exact) mass is 218 g/mol. The van der Waals surface area contributed by atoms with Gasteiger partial charge in [-0.3, -0.25) is 0 Å². The summed E-state index contributed by atoms with van der Waals surface area (Å²) in [5, 5.41) is 0.0698. The second-order valence-electron chi connectivity index (χ2n) is 4.06. The Morgan fingerprint density at radius 1 is 1.50 bits per heavy atom. The zero-order chi connectivity index (χ0) is 10.1. The summed E-state index contributed by atoms with van der Waals surface area (Å²) < 4.78 is 10.2. The van der Waals surface area contributed by atoms with Crippen LogP contribution in [0, 0.1) is 11.8 Å². The fourth-order valence-corrected chi connectivity index (χ4v) is 3.06. The predicted molar refractivity (Wildman–Crippen MR) is 52.2 cm³/mol. The molecule has 2 aliphatic rings. The summed E-state index contributed by atoms with van der Waals surface area (Å²) in [4.78, 5) is 11.4. The van der Waals surface area contributed by atoms with Gasteiger partial charge in [-0.25, -0.2) is 4.79 Å². The fraction of sp³-hybridized carbons (Fsp3) is 0.900. The molecule has 4 heteroatoms. The van der Waals surface area contributed by atoms with Crippen LogP contribution in [0.2, 0.25) is 0 Å². The summed E-state index contributed by atoms with van der Waals surface area (Å²) >= 11 is 6.23. The SMILES string of the molecule is COC(=O)[C@@H]1OC[C@H]2CCC[C@H](Cl)[C@@H]21. The number of ether oxygens (including phenoxy) is 2. The third-order valence-electron chi connectivity index (χ3n) is 3.29. The van der Waals surface area contributed by atoms with E-state index in [0.717, 1.165) is 19.3 Å². The van der Waals surface area contributed by atoms with Gasteiger partial charge in [0.05, 0.1) is 13.7 Å². The zero-order valence-electron chi connectivity index (χ0n) is 8.24. The standard InChI is InChI=1S/C10H15ClO3/c1-13-10(12)9-8-6(5-14-9)3-2-4-7(8)11/h6-9H,2-5H2,1H3/t6-,7+,8-,9-/m1/s1. The lowest BCUT2D eigenvalue weighted by molar-refractivity contribution is -0.153. The first-order valence-electron chi connectivity index (χ1n) is 5.07. The van der Waals surface area contributed by atoms with Gasteiger partial charge in [-0.15, -0.1) is 11.6 Å². The van der Waals surface area contributed by atoms with E-state index < -0.39 is 6.10 Å². The molecule has 0 aromatic carbocycles. The molecule has 1 saturated heterocycles. The molecule has 0 unspecified atom stereocenters. The Hall–Kier alpha value is -0.280.